The van der Waals surface area contributed by atoms with Gasteiger partial charge in [-0.15, -0.1) is 0 Å². The first kappa shape index (κ1) is 23.8. The molecule has 0 bridgehead atoms. The Hall–Kier alpha value is -3.61. The second-order valence-electron chi connectivity index (χ2n) is 11.5. The average molecular weight is 498 g/mol. The van der Waals surface area contributed by atoms with E-state index in [1.54, 1.807) is 4.90 Å². The molecule has 37 heavy (non-hydrogen) atoms. The molecule has 2 aromatic heterocycles. The number of amides is 1. The number of carbonyl (C=O) groups excluding carboxylic acids is 1. The molecule has 0 unspecified atom stereocenters. The molecular weight excluding hydrogens is 462 g/mol. The summed E-state index contributed by atoms with van der Waals surface area (Å²) in [6.07, 6.45) is 10.5. The number of ether oxygens (including phenoxy) is 1. The van der Waals surface area contributed by atoms with Crippen LogP contribution in [0.15, 0.2) is 48.8 Å². The minimum absolute atomic E-state index is 0.0878. The van der Waals surface area contributed by atoms with Crippen molar-refractivity contribution in [3.8, 4) is 22.5 Å². The molecule has 2 fully saturated rings. The fourth-order valence-corrected chi connectivity index (χ4v) is 5.71. The normalized spacial score (nSPS) is 18.7. The standard InChI is InChI=1S/C30H35N5O2/c1-30(2,3)37-29(36)35-14-6-9-26(35)28-32-18-25(34-28)23-13-11-20-15-22(12-10-21(20)16-23)24-17-31-27(33-24)19-7-4-5-8-19/h10-13,15-19,26H,4-9,14H2,1-3H3,(H,31,33)(H,32,34)/t26-/m0/s1. The highest BCUT2D eigenvalue weighted by molar-refractivity contribution is 5.90. The van der Waals surface area contributed by atoms with Gasteiger partial charge in [-0.05, 0) is 69.4 Å². The minimum atomic E-state index is -0.515. The van der Waals surface area contributed by atoms with Crippen LogP contribution in [0.3, 0.4) is 0 Å². The number of imidazole rings is 2. The van der Waals surface area contributed by atoms with Gasteiger partial charge < -0.3 is 14.7 Å². The Morgan fingerprint density at radius 3 is 2.08 bits per heavy atom. The molecule has 1 saturated carbocycles. The van der Waals surface area contributed by atoms with E-state index in [0.717, 1.165) is 47.0 Å². The van der Waals surface area contributed by atoms with Gasteiger partial charge in [-0.2, -0.15) is 0 Å². The number of nitrogens with one attached hydrogen (secondary N) is 2. The van der Waals surface area contributed by atoms with Crippen molar-refractivity contribution in [2.45, 2.75) is 76.9 Å². The van der Waals surface area contributed by atoms with Gasteiger partial charge in [0.2, 0.25) is 0 Å². The number of rotatable bonds is 4. The van der Waals surface area contributed by atoms with Crippen LogP contribution in [0.4, 0.5) is 4.79 Å². The van der Waals surface area contributed by atoms with Crippen molar-refractivity contribution in [2.75, 3.05) is 6.54 Å². The van der Waals surface area contributed by atoms with E-state index in [0.29, 0.717) is 12.5 Å². The number of fused-ring (bicyclic) bond motifs is 1. The lowest BCUT2D eigenvalue weighted by atomic mass is 10.0. The number of aromatic nitrogens is 4. The van der Waals surface area contributed by atoms with Crippen LogP contribution in [-0.2, 0) is 4.74 Å². The lowest BCUT2D eigenvalue weighted by Crippen LogP contribution is -2.36. The summed E-state index contributed by atoms with van der Waals surface area (Å²) in [4.78, 5) is 30.9. The summed E-state index contributed by atoms with van der Waals surface area (Å²) in [5.74, 6) is 2.52. The van der Waals surface area contributed by atoms with Crippen molar-refractivity contribution < 1.29 is 9.53 Å². The molecule has 2 aliphatic rings. The summed E-state index contributed by atoms with van der Waals surface area (Å²) in [6.45, 7) is 6.37. The lowest BCUT2D eigenvalue weighted by molar-refractivity contribution is 0.0218. The fourth-order valence-electron chi connectivity index (χ4n) is 5.71. The van der Waals surface area contributed by atoms with E-state index in [2.05, 4.69) is 56.3 Å². The van der Waals surface area contributed by atoms with Gasteiger partial charge in [0.05, 0.1) is 29.8 Å². The van der Waals surface area contributed by atoms with Crippen LogP contribution in [-0.4, -0.2) is 43.1 Å². The first-order valence-electron chi connectivity index (χ1n) is 13.5. The number of aromatic amines is 2. The van der Waals surface area contributed by atoms with Gasteiger partial charge in [-0.3, -0.25) is 4.90 Å². The summed E-state index contributed by atoms with van der Waals surface area (Å²) in [6, 6.07) is 12.9. The Labute approximate surface area is 217 Å². The molecule has 0 radical (unpaired) electrons. The Morgan fingerprint density at radius 2 is 1.46 bits per heavy atom. The van der Waals surface area contributed by atoms with Crippen molar-refractivity contribution in [3.05, 3.63) is 60.4 Å². The van der Waals surface area contributed by atoms with E-state index in [9.17, 15) is 4.79 Å². The fraction of sp³-hybridized carbons (Fsp3) is 0.433. The number of benzene rings is 2. The number of nitrogens with zero attached hydrogens (tertiary/aromatic N) is 3. The van der Waals surface area contributed by atoms with E-state index in [-0.39, 0.29) is 12.1 Å². The summed E-state index contributed by atoms with van der Waals surface area (Å²) in [7, 11) is 0. The number of carbonyl (C=O) groups is 1. The molecule has 1 aliphatic heterocycles. The molecule has 3 heterocycles. The van der Waals surface area contributed by atoms with E-state index >= 15 is 0 Å². The number of likely N-dealkylation sites (tertiary alicyclic amines) is 1. The third kappa shape index (κ3) is 4.87. The van der Waals surface area contributed by atoms with Gasteiger partial charge in [-0.1, -0.05) is 37.1 Å². The maximum Gasteiger partial charge on any atom is 0.410 e. The second kappa shape index (κ2) is 9.36. The zero-order valence-corrected chi connectivity index (χ0v) is 21.9. The molecule has 2 aromatic carbocycles. The SMILES string of the molecule is CC(C)(C)OC(=O)N1CCC[C@H]1c1ncc(-c2ccc3cc(-c4cnc(C5CCCC5)[nH]4)ccc3c2)[nH]1. The lowest BCUT2D eigenvalue weighted by Gasteiger charge is -2.27. The van der Waals surface area contributed by atoms with Gasteiger partial charge in [-0.25, -0.2) is 14.8 Å². The molecule has 4 aromatic rings. The van der Waals surface area contributed by atoms with Crippen molar-refractivity contribution in [2.24, 2.45) is 0 Å². The van der Waals surface area contributed by atoms with Crippen LogP contribution in [0.5, 0.6) is 0 Å². The molecule has 6 rings (SSSR count). The van der Waals surface area contributed by atoms with Crippen LogP contribution in [0.25, 0.3) is 33.3 Å². The number of hydrogen-bond acceptors (Lipinski definition) is 4. The quantitative estimate of drug-likeness (QED) is 0.309. The summed E-state index contributed by atoms with van der Waals surface area (Å²) >= 11 is 0. The van der Waals surface area contributed by atoms with Crippen LogP contribution in [0, 0.1) is 0 Å². The maximum absolute atomic E-state index is 12.7. The van der Waals surface area contributed by atoms with E-state index < -0.39 is 5.60 Å². The molecule has 192 valence electrons. The first-order valence-corrected chi connectivity index (χ1v) is 13.5. The van der Waals surface area contributed by atoms with E-state index in [4.69, 9.17) is 4.74 Å². The molecule has 2 N–H and O–H groups in total. The van der Waals surface area contributed by atoms with Crippen LogP contribution < -0.4 is 0 Å². The zero-order chi connectivity index (χ0) is 25.6. The highest BCUT2D eigenvalue weighted by Crippen LogP contribution is 2.35. The van der Waals surface area contributed by atoms with Gasteiger partial charge in [0.25, 0.3) is 0 Å². The van der Waals surface area contributed by atoms with Crippen LogP contribution in [0.1, 0.15) is 82.9 Å². The largest absolute Gasteiger partial charge is 0.444 e. The molecule has 1 atom stereocenters. The van der Waals surface area contributed by atoms with Gasteiger partial charge >= 0.3 is 6.09 Å². The summed E-state index contributed by atoms with van der Waals surface area (Å²) < 4.78 is 5.62. The van der Waals surface area contributed by atoms with E-state index in [1.807, 2.05) is 33.2 Å². The Morgan fingerprint density at radius 1 is 0.865 bits per heavy atom. The summed E-state index contributed by atoms with van der Waals surface area (Å²) in [5.41, 5.74) is 3.75. The molecule has 1 aliphatic carbocycles. The molecule has 1 saturated heterocycles. The highest BCUT2D eigenvalue weighted by Gasteiger charge is 2.34. The molecule has 0 spiro atoms. The van der Waals surface area contributed by atoms with Crippen molar-refractivity contribution >= 4 is 16.9 Å². The van der Waals surface area contributed by atoms with E-state index in [1.165, 1.54) is 36.5 Å². The first-order chi connectivity index (χ1) is 17.8. The maximum atomic E-state index is 12.7. The average Bonchev–Trinajstić information content (AvgIpc) is 3.68. The van der Waals surface area contributed by atoms with Crippen molar-refractivity contribution in [1.29, 1.82) is 0 Å². The van der Waals surface area contributed by atoms with Gasteiger partial charge in [0.1, 0.15) is 17.2 Å². The smallest absolute Gasteiger partial charge is 0.410 e. The third-order valence-corrected chi connectivity index (χ3v) is 7.59. The topological polar surface area (TPSA) is 86.9 Å². The molecule has 7 heteroatoms. The monoisotopic (exact) mass is 497 g/mol. The third-order valence-electron chi connectivity index (χ3n) is 7.59. The number of H-pyrrole nitrogens is 2. The Bertz CT molecular complexity index is 1420. The van der Waals surface area contributed by atoms with Crippen LogP contribution >= 0.6 is 0 Å². The predicted molar refractivity (Wildman–Crippen MR) is 145 cm³/mol. The van der Waals surface area contributed by atoms with Crippen molar-refractivity contribution in [1.82, 2.24) is 24.8 Å². The molecular formula is C30H35N5O2. The van der Waals surface area contributed by atoms with Gasteiger partial charge in [0, 0.05) is 23.6 Å². The Kier molecular flexibility index (Phi) is 6.01. The van der Waals surface area contributed by atoms with Crippen LogP contribution in [0.2, 0.25) is 0 Å². The highest BCUT2D eigenvalue weighted by atomic mass is 16.6. The zero-order valence-electron chi connectivity index (χ0n) is 21.9. The Balaban J connectivity index is 1.21. The second-order valence-corrected chi connectivity index (χ2v) is 11.5. The number of hydrogen-bond donors (Lipinski definition) is 2. The van der Waals surface area contributed by atoms with Gasteiger partial charge in [0.15, 0.2) is 0 Å². The summed E-state index contributed by atoms with van der Waals surface area (Å²) in [5, 5.41) is 2.36. The minimum Gasteiger partial charge on any atom is -0.444 e. The van der Waals surface area contributed by atoms with Crippen molar-refractivity contribution in [3.63, 3.8) is 0 Å². The predicted octanol–water partition coefficient (Wildman–Crippen LogP) is 7.35. The molecule has 1 amide bonds. The molecule has 7 nitrogen and oxygen atoms in total.